The van der Waals surface area contributed by atoms with E-state index < -0.39 is 0 Å². The third-order valence-electron chi connectivity index (χ3n) is 3.61. The Bertz CT molecular complexity index is 380. The molecule has 108 valence electrons. The van der Waals surface area contributed by atoms with Gasteiger partial charge in [-0.1, -0.05) is 33.6 Å². The summed E-state index contributed by atoms with van der Waals surface area (Å²) in [7, 11) is 1.85. The van der Waals surface area contributed by atoms with Crippen molar-refractivity contribution in [3.05, 3.63) is 11.9 Å². The van der Waals surface area contributed by atoms with E-state index in [9.17, 15) is 5.11 Å². The molecule has 1 aromatic rings. The largest absolute Gasteiger partial charge is 0.391 e. The second-order valence-corrected chi connectivity index (χ2v) is 4.68. The van der Waals surface area contributed by atoms with Crippen LogP contribution in [0.3, 0.4) is 0 Å². The van der Waals surface area contributed by atoms with E-state index in [1.807, 2.05) is 7.05 Å². The molecule has 0 radical (unpaired) electrons. The predicted octanol–water partition coefficient (Wildman–Crippen LogP) is 2.29. The van der Waals surface area contributed by atoms with Crippen LogP contribution in [0, 0.1) is 5.92 Å². The van der Waals surface area contributed by atoms with Crippen molar-refractivity contribution in [3.63, 3.8) is 0 Å². The summed E-state index contributed by atoms with van der Waals surface area (Å²) in [4.78, 5) is 8.47. The zero-order valence-electron chi connectivity index (χ0n) is 12.4. The van der Waals surface area contributed by atoms with Crippen molar-refractivity contribution in [3.8, 4) is 0 Å². The molecule has 0 saturated carbocycles. The quantitative estimate of drug-likeness (QED) is 0.673. The fraction of sp³-hybridized carbons (Fsp3) is 0.714. The van der Waals surface area contributed by atoms with Crippen LogP contribution < -0.4 is 10.6 Å². The number of hydrogen-bond donors (Lipinski definition) is 3. The highest BCUT2D eigenvalue weighted by Crippen LogP contribution is 2.20. The number of nitrogens with zero attached hydrogens (tertiary/aromatic N) is 2. The Kier molecular flexibility index (Phi) is 6.56. The molecular formula is C14H26N4O. The maximum Gasteiger partial charge on any atom is 0.134 e. The van der Waals surface area contributed by atoms with Crippen LogP contribution in [-0.4, -0.2) is 34.8 Å². The topological polar surface area (TPSA) is 70.1 Å². The highest BCUT2D eigenvalue weighted by molar-refractivity contribution is 5.57. The molecule has 1 heterocycles. The van der Waals surface area contributed by atoms with Crippen molar-refractivity contribution in [2.45, 2.75) is 46.1 Å². The lowest BCUT2D eigenvalue weighted by atomic mass is 9.96. The Balaban J connectivity index is 2.72. The minimum Gasteiger partial charge on any atom is -0.391 e. The van der Waals surface area contributed by atoms with Gasteiger partial charge in [-0.25, -0.2) is 9.97 Å². The van der Waals surface area contributed by atoms with Gasteiger partial charge in [-0.2, -0.15) is 0 Å². The normalized spacial score (nSPS) is 12.5. The molecular weight excluding hydrogens is 240 g/mol. The number of rotatable bonds is 8. The maximum atomic E-state index is 10.1. The van der Waals surface area contributed by atoms with Gasteiger partial charge in [0.1, 0.15) is 18.0 Å². The predicted molar refractivity (Wildman–Crippen MR) is 79.5 cm³/mol. The van der Waals surface area contributed by atoms with Crippen molar-refractivity contribution in [1.29, 1.82) is 0 Å². The van der Waals surface area contributed by atoms with E-state index in [2.05, 4.69) is 41.4 Å². The average molecular weight is 266 g/mol. The lowest BCUT2D eigenvalue weighted by molar-refractivity contribution is 0.114. The summed E-state index contributed by atoms with van der Waals surface area (Å²) in [5.41, 5.74) is 1.06. The van der Waals surface area contributed by atoms with Crippen molar-refractivity contribution < 1.29 is 5.11 Å². The number of aliphatic hydroxyl groups is 1. The van der Waals surface area contributed by atoms with Crippen LogP contribution in [0.15, 0.2) is 6.33 Å². The second kappa shape index (κ2) is 7.94. The van der Waals surface area contributed by atoms with Crippen molar-refractivity contribution in [1.82, 2.24) is 9.97 Å². The van der Waals surface area contributed by atoms with E-state index in [1.165, 1.54) is 6.33 Å². The minimum atomic E-state index is -0.340. The summed E-state index contributed by atoms with van der Waals surface area (Å²) >= 11 is 0. The number of hydrogen-bond acceptors (Lipinski definition) is 5. The fourth-order valence-corrected chi connectivity index (χ4v) is 2.32. The van der Waals surface area contributed by atoms with Crippen LogP contribution in [0.25, 0.3) is 0 Å². The van der Waals surface area contributed by atoms with Crippen LogP contribution in [0.2, 0.25) is 0 Å². The standard InChI is InChI=1S/C14H26N4O/c1-5-10(6-2)12(19)8-16-14-11(7-3)13(15-4)17-9-18-14/h9-10,12,19H,5-8H2,1-4H3,(H2,15,16,17,18). The van der Waals surface area contributed by atoms with E-state index in [1.54, 1.807) is 0 Å². The Morgan fingerprint density at radius 2 is 1.79 bits per heavy atom. The molecule has 1 rings (SSSR count). The molecule has 0 aliphatic rings. The van der Waals surface area contributed by atoms with E-state index in [-0.39, 0.29) is 6.10 Å². The molecule has 0 saturated heterocycles. The van der Waals surface area contributed by atoms with Gasteiger partial charge in [0.05, 0.1) is 6.10 Å². The molecule has 0 aliphatic heterocycles. The van der Waals surface area contributed by atoms with Crippen molar-refractivity contribution >= 4 is 11.6 Å². The van der Waals surface area contributed by atoms with Crippen LogP contribution in [0.5, 0.6) is 0 Å². The molecule has 0 aromatic carbocycles. The lowest BCUT2D eigenvalue weighted by Crippen LogP contribution is -2.28. The molecule has 1 atom stereocenters. The summed E-state index contributed by atoms with van der Waals surface area (Å²) in [6.07, 6.45) is 4.03. The summed E-state index contributed by atoms with van der Waals surface area (Å²) in [5, 5.41) is 16.5. The molecule has 0 amide bonds. The first-order valence-electron chi connectivity index (χ1n) is 7.11. The summed E-state index contributed by atoms with van der Waals surface area (Å²) in [6.45, 7) is 6.82. The highest BCUT2D eigenvalue weighted by Gasteiger charge is 2.16. The minimum absolute atomic E-state index is 0.336. The second-order valence-electron chi connectivity index (χ2n) is 4.68. The van der Waals surface area contributed by atoms with E-state index in [0.717, 1.165) is 36.5 Å². The lowest BCUT2D eigenvalue weighted by Gasteiger charge is -2.21. The molecule has 0 spiro atoms. The van der Waals surface area contributed by atoms with Gasteiger partial charge in [-0.15, -0.1) is 0 Å². The van der Waals surface area contributed by atoms with Gasteiger partial charge in [0.2, 0.25) is 0 Å². The number of nitrogens with one attached hydrogen (secondary N) is 2. The van der Waals surface area contributed by atoms with Gasteiger partial charge < -0.3 is 15.7 Å². The number of anilines is 2. The van der Waals surface area contributed by atoms with E-state index >= 15 is 0 Å². The molecule has 0 bridgehead atoms. The van der Waals surface area contributed by atoms with Gasteiger partial charge in [-0.3, -0.25) is 0 Å². The Labute approximate surface area is 115 Å². The average Bonchev–Trinajstić information content (AvgIpc) is 2.45. The summed E-state index contributed by atoms with van der Waals surface area (Å²) in [6, 6.07) is 0. The first-order chi connectivity index (χ1) is 9.17. The Morgan fingerprint density at radius 1 is 1.16 bits per heavy atom. The molecule has 0 aliphatic carbocycles. The first kappa shape index (κ1) is 15.7. The van der Waals surface area contributed by atoms with Gasteiger partial charge in [-0.05, 0) is 12.3 Å². The third kappa shape index (κ3) is 4.06. The van der Waals surface area contributed by atoms with E-state index in [0.29, 0.717) is 12.5 Å². The number of aromatic nitrogens is 2. The highest BCUT2D eigenvalue weighted by atomic mass is 16.3. The zero-order chi connectivity index (χ0) is 14.3. The summed E-state index contributed by atoms with van der Waals surface area (Å²) in [5.74, 6) is 1.99. The SMILES string of the molecule is CCc1c(NC)ncnc1NCC(O)C(CC)CC. The van der Waals surface area contributed by atoms with Gasteiger partial charge in [0, 0.05) is 19.2 Å². The van der Waals surface area contributed by atoms with Gasteiger partial charge in [0.15, 0.2) is 0 Å². The molecule has 19 heavy (non-hydrogen) atoms. The molecule has 5 heteroatoms. The molecule has 3 N–H and O–H groups in total. The van der Waals surface area contributed by atoms with Crippen LogP contribution in [0.1, 0.15) is 39.2 Å². The fourth-order valence-electron chi connectivity index (χ4n) is 2.32. The van der Waals surface area contributed by atoms with Crippen LogP contribution in [0.4, 0.5) is 11.6 Å². The molecule has 5 nitrogen and oxygen atoms in total. The monoisotopic (exact) mass is 266 g/mol. The third-order valence-corrected chi connectivity index (χ3v) is 3.61. The molecule has 0 fully saturated rings. The van der Waals surface area contributed by atoms with E-state index in [4.69, 9.17) is 0 Å². The maximum absolute atomic E-state index is 10.1. The zero-order valence-corrected chi connectivity index (χ0v) is 12.4. The molecule has 1 aromatic heterocycles. The smallest absolute Gasteiger partial charge is 0.134 e. The van der Waals surface area contributed by atoms with Gasteiger partial charge in [0.25, 0.3) is 0 Å². The first-order valence-corrected chi connectivity index (χ1v) is 7.11. The Hall–Kier alpha value is -1.36. The van der Waals surface area contributed by atoms with Crippen LogP contribution >= 0.6 is 0 Å². The van der Waals surface area contributed by atoms with Crippen molar-refractivity contribution in [2.75, 3.05) is 24.2 Å². The molecule has 1 unspecified atom stereocenters. The Morgan fingerprint density at radius 3 is 2.32 bits per heavy atom. The van der Waals surface area contributed by atoms with Crippen LogP contribution in [-0.2, 0) is 6.42 Å². The number of aliphatic hydroxyl groups excluding tert-OH is 1. The van der Waals surface area contributed by atoms with Gasteiger partial charge >= 0.3 is 0 Å². The summed E-state index contributed by atoms with van der Waals surface area (Å²) < 4.78 is 0. The van der Waals surface area contributed by atoms with Crippen molar-refractivity contribution in [2.24, 2.45) is 5.92 Å².